The molecule has 2 aromatic rings. The Bertz CT molecular complexity index is 610. The number of methoxy groups -OCH3 is 3. The Balaban J connectivity index is 2.35. The van der Waals surface area contributed by atoms with Crippen LogP contribution in [0.4, 0.5) is 0 Å². The SMILES string of the molecule is COc1cc(OC)c(C(O)Cc2nccn2C)cc1OC. The van der Waals surface area contributed by atoms with E-state index in [4.69, 9.17) is 14.2 Å². The maximum absolute atomic E-state index is 10.5. The maximum atomic E-state index is 10.5. The molecular weight excluding hydrogens is 272 g/mol. The van der Waals surface area contributed by atoms with Gasteiger partial charge in [-0.25, -0.2) is 4.98 Å². The predicted octanol–water partition coefficient (Wildman–Crippen LogP) is 1.72. The van der Waals surface area contributed by atoms with Crippen molar-refractivity contribution in [2.24, 2.45) is 7.05 Å². The first-order valence-electron chi connectivity index (χ1n) is 6.54. The summed E-state index contributed by atoms with van der Waals surface area (Å²) in [5.74, 6) is 2.45. The molecular formula is C15H20N2O4. The summed E-state index contributed by atoms with van der Waals surface area (Å²) in [5, 5.41) is 10.5. The number of aliphatic hydroxyl groups excluding tert-OH is 1. The molecule has 114 valence electrons. The van der Waals surface area contributed by atoms with Crippen molar-refractivity contribution < 1.29 is 19.3 Å². The summed E-state index contributed by atoms with van der Waals surface area (Å²) in [5.41, 5.74) is 0.637. The van der Waals surface area contributed by atoms with Crippen LogP contribution in [0.15, 0.2) is 24.5 Å². The summed E-state index contributed by atoms with van der Waals surface area (Å²) in [4.78, 5) is 4.22. The quantitative estimate of drug-likeness (QED) is 0.878. The second-order valence-electron chi connectivity index (χ2n) is 4.62. The lowest BCUT2D eigenvalue weighted by Crippen LogP contribution is -2.08. The highest BCUT2D eigenvalue weighted by Crippen LogP contribution is 2.38. The lowest BCUT2D eigenvalue weighted by molar-refractivity contribution is 0.170. The topological polar surface area (TPSA) is 65.7 Å². The average Bonchev–Trinajstić information content (AvgIpc) is 2.90. The molecule has 0 saturated carbocycles. The normalized spacial score (nSPS) is 12.0. The molecule has 0 spiro atoms. The van der Waals surface area contributed by atoms with Gasteiger partial charge in [0.2, 0.25) is 0 Å². The maximum Gasteiger partial charge on any atom is 0.164 e. The molecule has 1 unspecified atom stereocenters. The minimum atomic E-state index is -0.749. The van der Waals surface area contributed by atoms with Gasteiger partial charge in [-0.2, -0.15) is 0 Å². The predicted molar refractivity (Wildman–Crippen MR) is 78.0 cm³/mol. The van der Waals surface area contributed by atoms with Crippen LogP contribution in [0.3, 0.4) is 0 Å². The lowest BCUT2D eigenvalue weighted by atomic mass is 10.0. The van der Waals surface area contributed by atoms with Gasteiger partial charge in [0, 0.05) is 37.5 Å². The molecule has 1 aromatic carbocycles. The largest absolute Gasteiger partial charge is 0.496 e. The first-order chi connectivity index (χ1) is 10.1. The van der Waals surface area contributed by atoms with Gasteiger partial charge in [0.25, 0.3) is 0 Å². The molecule has 0 aliphatic rings. The Labute approximate surface area is 123 Å². The zero-order chi connectivity index (χ0) is 15.4. The summed E-state index contributed by atoms with van der Waals surface area (Å²) in [7, 11) is 6.56. The summed E-state index contributed by atoms with van der Waals surface area (Å²) in [6, 6.07) is 3.43. The molecule has 2 rings (SSSR count). The lowest BCUT2D eigenvalue weighted by Gasteiger charge is -2.18. The van der Waals surface area contributed by atoms with Crippen molar-refractivity contribution in [2.45, 2.75) is 12.5 Å². The molecule has 0 saturated heterocycles. The minimum Gasteiger partial charge on any atom is -0.496 e. The monoisotopic (exact) mass is 292 g/mol. The van der Waals surface area contributed by atoms with E-state index in [0.29, 0.717) is 29.2 Å². The van der Waals surface area contributed by atoms with E-state index in [2.05, 4.69) is 4.98 Å². The summed E-state index contributed by atoms with van der Waals surface area (Å²) < 4.78 is 17.7. The number of hydrogen-bond donors (Lipinski definition) is 1. The van der Waals surface area contributed by atoms with Crippen LogP contribution in [0.2, 0.25) is 0 Å². The Hall–Kier alpha value is -2.21. The molecule has 0 aliphatic carbocycles. The van der Waals surface area contributed by atoms with Crippen molar-refractivity contribution in [3.05, 3.63) is 35.9 Å². The van der Waals surface area contributed by atoms with Crippen molar-refractivity contribution in [1.29, 1.82) is 0 Å². The minimum absolute atomic E-state index is 0.384. The van der Waals surface area contributed by atoms with Crippen LogP contribution in [0, 0.1) is 0 Å². The number of imidazole rings is 1. The first-order valence-corrected chi connectivity index (χ1v) is 6.54. The number of nitrogens with zero attached hydrogens (tertiary/aromatic N) is 2. The Kier molecular flexibility index (Phi) is 4.70. The Morgan fingerprint density at radius 1 is 1.10 bits per heavy atom. The van der Waals surface area contributed by atoms with Crippen molar-refractivity contribution in [1.82, 2.24) is 9.55 Å². The van der Waals surface area contributed by atoms with Crippen LogP contribution in [-0.4, -0.2) is 36.0 Å². The van der Waals surface area contributed by atoms with E-state index in [1.165, 1.54) is 0 Å². The van der Waals surface area contributed by atoms with E-state index in [9.17, 15) is 5.11 Å². The second-order valence-corrected chi connectivity index (χ2v) is 4.62. The molecule has 0 radical (unpaired) electrons. The summed E-state index contributed by atoms with van der Waals surface area (Å²) in [6.45, 7) is 0. The number of benzene rings is 1. The van der Waals surface area contributed by atoms with Gasteiger partial charge in [-0.3, -0.25) is 0 Å². The van der Waals surface area contributed by atoms with Gasteiger partial charge in [0.05, 0.1) is 27.4 Å². The molecule has 1 atom stereocenters. The van der Waals surface area contributed by atoms with Crippen LogP contribution >= 0.6 is 0 Å². The van der Waals surface area contributed by atoms with Crippen LogP contribution in [0.25, 0.3) is 0 Å². The number of rotatable bonds is 6. The van der Waals surface area contributed by atoms with Gasteiger partial charge in [-0.05, 0) is 6.07 Å². The van der Waals surface area contributed by atoms with Crippen molar-refractivity contribution in [2.75, 3.05) is 21.3 Å². The van der Waals surface area contributed by atoms with E-state index in [-0.39, 0.29) is 0 Å². The fourth-order valence-electron chi connectivity index (χ4n) is 2.19. The van der Waals surface area contributed by atoms with Crippen molar-refractivity contribution in [3.63, 3.8) is 0 Å². The molecule has 21 heavy (non-hydrogen) atoms. The number of hydrogen-bond acceptors (Lipinski definition) is 5. The molecule has 1 aromatic heterocycles. The zero-order valence-electron chi connectivity index (χ0n) is 12.7. The highest BCUT2D eigenvalue weighted by atomic mass is 16.5. The number of ether oxygens (including phenoxy) is 3. The van der Waals surface area contributed by atoms with Gasteiger partial charge >= 0.3 is 0 Å². The molecule has 0 fully saturated rings. The highest BCUT2D eigenvalue weighted by Gasteiger charge is 2.19. The molecule has 0 bridgehead atoms. The van der Waals surface area contributed by atoms with Gasteiger partial charge in [-0.15, -0.1) is 0 Å². The van der Waals surface area contributed by atoms with Gasteiger partial charge in [0.15, 0.2) is 11.5 Å². The average molecular weight is 292 g/mol. The van der Waals surface area contributed by atoms with Gasteiger partial charge in [0.1, 0.15) is 11.6 Å². The Morgan fingerprint density at radius 3 is 2.24 bits per heavy atom. The van der Waals surface area contributed by atoms with E-state index in [1.807, 2.05) is 17.8 Å². The second kappa shape index (κ2) is 6.49. The van der Waals surface area contributed by atoms with Crippen molar-refractivity contribution in [3.8, 4) is 17.2 Å². The van der Waals surface area contributed by atoms with Crippen molar-refractivity contribution >= 4 is 0 Å². The fraction of sp³-hybridized carbons (Fsp3) is 0.400. The van der Waals surface area contributed by atoms with Crippen LogP contribution in [0.1, 0.15) is 17.5 Å². The van der Waals surface area contributed by atoms with Crippen LogP contribution in [-0.2, 0) is 13.5 Å². The third-order valence-electron chi connectivity index (χ3n) is 3.39. The van der Waals surface area contributed by atoms with E-state index >= 15 is 0 Å². The van der Waals surface area contributed by atoms with Gasteiger partial charge in [-0.1, -0.05) is 0 Å². The summed E-state index contributed by atoms with van der Waals surface area (Å²) in [6.07, 6.45) is 3.18. The summed E-state index contributed by atoms with van der Waals surface area (Å²) >= 11 is 0. The first kappa shape index (κ1) is 15.2. The van der Waals surface area contributed by atoms with E-state index in [0.717, 1.165) is 5.82 Å². The third kappa shape index (κ3) is 3.11. The van der Waals surface area contributed by atoms with E-state index < -0.39 is 6.10 Å². The molecule has 0 aliphatic heterocycles. The number of aromatic nitrogens is 2. The van der Waals surface area contributed by atoms with Gasteiger partial charge < -0.3 is 23.9 Å². The van der Waals surface area contributed by atoms with Crippen LogP contribution in [0.5, 0.6) is 17.2 Å². The van der Waals surface area contributed by atoms with Crippen LogP contribution < -0.4 is 14.2 Å². The Morgan fingerprint density at radius 2 is 1.71 bits per heavy atom. The fourth-order valence-corrected chi connectivity index (χ4v) is 2.19. The number of aryl methyl sites for hydroxylation is 1. The molecule has 6 heteroatoms. The molecule has 6 nitrogen and oxygen atoms in total. The highest BCUT2D eigenvalue weighted by molar-refractivity contribution is 5.51. The smallest absolute Gasteiger partial charge is 0.164 e. The zero-order valence-corrected chi connectivity index (χ0v) is 12.7. The standard InChI is InChI=1S/C15H20N2O4/c1-17-6-5-16-15(17)8-11(18)10-7-13(20-3)14(21-4)9-12(10)19-2/h5-7,9,11,18H,8H2,1-4H3. The third-order valence-corrected chi connectivity index (χ3v) is 3.39. The van der Waals surface area contributed by atoms with E-state index in [1.54, 1.807) is 39.7 Å². The number of aliphatic hydroxyl groups is 1. The molecule has 1 N–H and O–H groups in total. The molecule has 1 heterocycles. The molecule has 0 amide bonds.